The fraction of sp³-hybridized carbons (Fsp3) is 0.800. The number of nitrogens with zero attached hydrogens (tertiary/aromatic N) is 1. The van der Waals surface area contributed by atoms with E-state index in [1.165, 1.54) is 0 Å². The highest BCUT2D eigenvalue weighted by Crippen LogP contribution is 2.10. The van der Waals surface area contributed by atoms with Gasteiger partial charge in [-0.3, -0.25) is 14.5 Å². The monoisotopic (exact) mass is 248 g/mol. The molecule has 0 aliphatic carbocycles. The van der Waals surface area contributed by atoms with Crippen molar-refractivity contribution in [3.05, 3.63) is 0 Å². The second-order valence-electron chi connectivity index (χ2n) is 5.26. The number of nitrogens with one attached hydrogen (secondary N) is 1. The van der Waals surface area contributed by atoms with E-state index in [0.717, 1.165) is 5.06 Å². The van der Waals surface area contributed by atoms with Gasteiger partial charge in [-0.1, -0.05) is 0 Å². The molecule has 0 fully saturated rings. The molecule has 0 rings (SSSR count). The number of thiocarbonyl (C=S) groups is 1. The first kappa shape index (κ1) is 15.3. The van der Waals surface area contributed by atoms with Gasteiger partial charge in [0.15, 0.2) is 0 Å². The first-order valence-electron chi connectivity index (χ1n) is 4.97. The number of carbonyl (C=O) groups is 1. The van der Waals surface area contributed by atoms with Gasteiger partial charge in [0.1, 0.15) is 0 Å². The zero-order valence-electron chi connectivity index (χ0n) is 10.7. The fourth-order valence-electron chi connectivity index (χ4n) is 0.648. The third-order valence-electron chi connectivity index (χ3n) is 1.11. The van der Waals surface area contributed by atoms with Gasteiger partial charge in [0.25, 0.3) is 0 Å². The van der Waals surface area contributed by atoms with Gasteiger partial charge < -0.3 is 0 Å². The van der Waals surface area contributed by atoms with Crippen LogP contribution in [0.15, 0.2) is 0 Å². The topological polar surface area (TPSA) is 50.8 Å². The van der Waals surface area contributed by atoms with Crippen LogP contribution >= 0.6 is 12.2 Å². The molecule has 0 heterocycles. The molecule has 0 saturated heterocycles. The van der Waals surface area contributed by atoms with E-state index in [1.807, 2.05) is 41.5 Å². The molecule has 0 aliphatic rings. The summed E-state index contributed by atoms with van der Waals surface area (Å²) in [4.78, 5) is 21.3. The predicted molar refractivity (Wildman–Crippen MR) is 65.3 cm³/mol. The highest BCUT2D eigenvalue weighted by atomic mass is 32.1. The zero-order valence-corrected chi connectivity index (χ0v) is 11.5. The molecular weight excluding hydrogens is 228 g/mol. The van der Waals surface area contributed by atoms with E-state index in [-0.39, 0.29) is 5.11 Å². The van der Waals surface area contributed by atoms with Gasteiger partial charge in [-0.2, -0.15) is 5.06 Å². The summed E-state index contributed by atoms with van der Waals surface area (Å²) in [5.74, 6) is 0. The Morgan fingerprint density at radius 2 is 1.69 bits per heavy atom. The Labute approximate surface area is 102 Å². The number of carbonyl (C=O) groups excluding carboxylic acids is 1. The lowest BCUT2D eigenvalue weighted by Gasteiger charge is -2.28. The summed E-state index contributed by atoms with van der Waals surface area (Å²) in [6.45, 7) is 11.0. The largest absolute Gasteiger partial charge is 0.276 e. The molecule has 0 saturated carbocycles. The van der Waals surface area contributed by atoms with Crippen LogP contribution in [0.1, 0.15) is 41.5 Å². The lowest BCUT2D eigenvalue weighted by molar-refractivity contribution is -0.188. The van der Waals surface area contributed by atoms with E-state index in [2.05, 4.69) is 5.48 Å². The van der Waals surface area contributed by atoms with E-state index in [9.17, 15) is 4.79 Å². The minimum atomic E-state index is -0.506. The van der Waals surface area contributed by atoms with E-state index in [0.29, 0.717) is 6.41 Å². The third kappa shape index (κ3) is 7.56. The first-order valence-corrected chi connectivity index (χ1v) is 5.37. The lowest BCUT2D eigenvalue weighted by Crippen LogP contribution is -2.45. The zero-order chi connectivity index (χ0) is 13.0. The average Bonchev–Trinajstić information content (AvgIpc) is 2.07. The smallest absolute Gasteiger partial charge is 0.240 e. The molecule has 0 radical (unpaired) electrons. The second-order valence-corrected chi connectivity index (χ2v) is 5.64. The fourth-order valence-corrected chi connectivity index (χ4v) is 0.770. The van der Waals surface area contributed by atoms with E-state index in [4.69, 9.17) is 21.9 Å². The van der Waals surface area contributed by atoms with Crippen molar-refractivity contribution >= 4 is 23.7 Å². The van der Waals surface area contributed by atoms with Crippen LogP contribution in [0, 0.1) is 0 Å². The van der Waals surface area contributed by atoms with Crippen LogP contribution in [0.5, 0.6) is 0 Å². The third-order valence-corrected chi connectivity index (χ3v) is 1.38. The van der Waals surface area contributed by atoms with Crippen molar-refractivity contribution in [3.63, 3.8) is 0 Å². The van der Waals surface area contributed by atoms with E-state index >= 15 is 0 Å². The van der Waals surface area contributed by atoms with Crippen molar-refractivity contribution < 1.29 is 14.5 Å². The average molecular weight is 248 g/mol. The molecular formula is C10H20N2O3S. The molecule has 0 bridgehead atoms. The van der Waals surface area contributed by atoms with Gasteiger partial charge in [0.2, 0.25) is 11.5 Å². The summed E-state index contributed by atoms with van der Waals surface area (Å²) >= 11 is 4.94. The van der Waals surface area contributed by atoms with Crippen molar-refractivity contribution in [3.8, 4) is 0 Å². The normalized spacial score (nSPS) is 12.1. The van der Waals surface area contributed by atoms with E-state index in [1.54, 1.807) is 0 Å². The first-order chi connectivity index (χ1) is 7.05. The number of hydrogen-bond acceptors (Lipinski definition) is 4. The van der Waals surface area contributed by atoms with Crippen LogP contribution in [0.4, 0.5) is 0 Å². The molecule has 16 heavy (non-hydrogen) atoms. The minimum absolute atomic E-state index is 0.0693. The van der Waals surface area contributed by atoms with Gasteiger partial charge >= 0.3 is 0 Å². The van der Waals surface area contributed by atoms with Crippen LogP contribution in [0.2, 0.25) is 0 Å². The van der Waals surface area contributed by atoms with Gasteiger partial charge in [-0.15, -0.1) is 0 Å². The SMILES string of the molecule is CC(C)(C)ONC(=S)N(C=O)OC(C)(C)C. The van der Waals surface area contributed by atoms with Gasteiger partial charge in [0, 0.05) is 0 Å². The van der Waals surface area contributed by atoms with Crippen molar-refractivity contribution in [1.82, 2.24) is 10.5 Å². The number of hydroxylamine groups is 3. The highest BCUT2D eigenvalue weighted by molar-refractivity contribution is 7.80. The summed E-state index contributed by atoms with van der Waals surface area (Å²) in [7, 11) is 0. The predicted octanol–water partition coefficient (Wildman–Crippen LogP) is 1.78. The Morgan fingerprint density at radius 1 is 1.19 bits per heavy atom. The van der Waals surface area contributed by atoms with Crippen LogP contribution in [0.3, 0.4) is 0 Å². The molecule has 0 aromatic rings. The van der Waals surface area contributed by atoms with Gasteiger partial charge in [-0.05, 0) is 53.8 Å². The molecule has 5 nitrogen and oxygen atoms in total. The summed E-state index contributed by atoms with van der Waals surface area (Å²) in [5.41, 5.74) is 1.59. The quantitative estimate of drug-likeness (QED) is 0.469. The molecule has 0 aromatic carbocycles. The number of hydrogen-bond donors (Lipinski definition) is 1. The van der Waals surface area contributed by atoms with Gasteiger partial charge in [-0.25, -0.2) is 5.48 Å². The molecule has 0 aromatic heterocycles. The van der Waals surface area contributed by atoms with Crippen LogP contribution in [-0.4, -0.2) is 27.8 Å². The van der Waals surface area contributed by atoms with Crippen molar-refractivity contribution in [2.45, 2.75) is 52.7 Å². The Morgan fingerprint density at radius 3 is 2.00 bits per heavy atom. The number of amides is 1. The Kier molecular flexibility index (Phi) is 5.31. The molecule has 1 amide bonds. The van der Waals surface area contributed by atoms with Crippen molar-refractivity contribution in [1.29, 1.82) is 0 Å². The Balaban J connectivity index is 4.28. The van der Waals surface area contributed by atoms with E-state index < -0.39 is 11.2 Å². The Hall–Kier alpha value is -0.720. The van der Waals surface area contributed by atoms with Crippen LogP contribution in [-0.2, 0) is 14.5 Å². The van der Waals surface area contributed by atoms with Gasteiger partial charge in [0.05, 0.1) is 11.2 Å². The molecule has 94 valence electrons. The maximum atomic E-state index is 10.8. The van der Waals surface area contributed by atoms with Crippen molar-refractivity contribution in [2.24, 2.45) is 0 Å². The maximum Gasteiger partial charge on any atom is 0.240 e. The molecule has 6 heteroatoms. The summed E-state index contributed by atoms with van der Waals surface area (Å²) in [5, 5.41) is 1.00. The summed E-state index contributed by atoms with van der Waals surface area (Å²) < 4.78 is 0. The van der Waals surface area contributed by atoms with Crippen molar-refractivity contribution in [2.75, 3.05) is 0 Å². The lowest BCUT2D eigenvalue weighted by atomic mass is 10.2. The van der Waals surface area contributed by atoms with Crippen LogP contribution < -0.4 is 5.48 Å². The molecule has 1 N–H and O–H groups in total. The standard InChI is InChI=1S/C10H20N2O3S/c1-9(2,3)14-11-8(16)12(7-13)15-10(4,5)6/h7H,1-6H3,(H,11,16). The maximum absolute atomic E-state index is 10.8. The molecule has 0 atom stereocenters. The highest BCUT2D eigenvalue weighted by Gasteiger charge is 2.20. The molecule has 0 aliphatic heterocycles. The molecule has 0 spiro atoms. The molecule has 0 unspecified atom stereocenters. The Bertz CT molecular complexity index is 256. The summed E-state index contributed by atoms with van der Waals surface area (Å²) in [6, 6.07) is 0. The minimum Gasteiger partial charge on any atom is -0.276 e. The second kappa shape index (κ2) is 5.56. The number of rotatable bonds is 3. The van der Waals surface area contributed by atoms with Crippen LogP contribution in [0.25, 0.3) is 0 Å². The summed E-state index contributed by atoms with van der Waals surface area (Å²) in [6.07, 6.45) is 0.493.